The van der Waals surface area contributed by atoms with Crippen molar-refractivity contribution in [2.45, 2.75) is 13.0 Å². The van der Waals surface area contributed by atoms with Crippen LogP contribution in [-0.4, -0.2) is 12.5 Å². The van der Waals surface area contributed by atoms with Gasteiger partial charge in [-0.1, -0.05) is 30.3 Å². The minimum absolute atomic E-state index is 0.0101. The lowest BCUT2D eigenvalue weighted by Crippen LogP contribution is -2.31. The van der Waals surface area contributed by atoms with Crippen molar-refractivity contribution >= 4 is 5.91 Å². The summed E-state index contributed by atoms with van der Waals surface area (Å²) in [5.41, 5.74) is 2.96. The van der Waals surface area contributed by atoms with Crippen LogP contribution in [-0.2, 0) is 13.0 Å². The molecule has 1 amide bonds. The van der Waals surface area contributed by atoms with Gasteiger partial charge in [0.2, 0.25) is 0 Å². The van der Waals surface area contributed by atoms with Gasteiger partial charge in [0, 0.05) is 12.1 Å². The van der Waals surface area contributed by atoms with Gasteiger partial charge in [-0.05, 0) is 35.7 Å². The third-order valence-electron chi connectivity index (χ3n) is 3.25. The fourth-order valence-corrected chi connectivity index (χ4v) is 2.24. The van der Waals surface area contributed by atoms with Gasteiger partial charge in [-0.15, -0.1) is 0 Å². The number of hydrogen-bond acceptors (Lipinski definition) is 2. The molecule has 0 aromatic heterocycles. The number of amides is 1. The molecule has 0 aliphatic carbocycles. The summed E-state index contributed by atoms with van der Waals surface area (Å²) < 4.78 is 5.76. The lowest BCUT2D eigenvalue weighted by molar-refractivity contribution is 0.0946. The number of ether oxygens (including phenoxy) is 1. The number of benzene rings is 2. The van der Waals surface area contributed by atoms with Crippen molar-refractivity contribution in [2.75, 3.05) is 6.54 Å². The minimum Gasteiger partial charge on any atom is -0.489 e. The minimum atomic E-state index is 0.0101. The molecule has 0 unspecified atom stereocenters. The van der Waals surface area contributed by atoms with E-state index >= 15 is 0 Å². The van der Waals surface area contributed by atoms with E-state index in [0.717, 1.165) is 28.9 Å². The van der Waals surface area contributed by atoms with E-state index in [2.05, 4.69) is 5.32 Å². The number of carbonyl (C=O) groups excluding carboxylic acids is 1. The number of hydrogen-bond donors (Lipinski definition) is 1. The standard InChI is InChI=1S/C16H15NO2/c18-16-15-7-6-14(10-13(15)8-9-17-16)19-11-12-4-2-1-3-5-12/h1-7,10H,8-9,11H2,(H,17,18). The predicted molar refractivity (Wildman–Crippen MR) is 73.3 cm³/mol. The molecule has 3 heteroatoms. The third-order valence-corrected chi connectivity index (χ3v) is 3.25. The number of carbonyl (C=O) groups is 1. The summed E-state index contributed by atoms with van der Waals surface area (Å²) in [7, 11) is 0. The molecule has 1 heterocycles. The number of rotatable bonds is 3. The van der Waals surface area contributed by atoms with E-state index in [1.54, 1.807) is 0 Å². The second kappa shape index (κ2) is 5.14. The number of fused-ring (bicyclic) bond motifs is 1. The zero-order chi connectivity index (χ0) is 13.1. The molecular formula is C16H15NO2. The smallest absolute Gasteiger partial charge is 0.251 e. The van der Waals surface area contributed by atoms with Gasteiger partial charge in [-0.25, -0.2) is 0 Å². The predicted octanol–water partition coefficient (Wildman–Crippen LogP) is 2.55. The van der Waals surface area contributed by atoms with Crippen molar-refractivity contribution in [1.82, 2.24) is 5.32 Å². The van der Waals surface area contributed by atoms with Crippen LogP contribution in [0.5, 0.6) is 5.75 Å². The lowest BCUT2D eigenvalue weighted by Gasteiger charge is -2.17. The Hall–Kier alpha value is -2.29. The maximum Gasteiger partial charge on any atom is 0.251 e. The maximum atomic E-state index is 11.6. The van der Waals surface area contributed by atoms with Gasteiger partial charge < -0.3 is 10.1 Å². The highest BCUT2D eigenvalue weighted by molar-refractivity contribution is 5.96. The summed E-state index contributed by atoms with van der Waals surface area (Å²) >= 11 is 0. The molecule has 0 spiro atoms. The van der Waals surface area contributed by atoms with Crippen molar-refractivity contribution < 1.29 is 9.53 Å². The Balaban J connectivity index is 1.74. The fraction of sp³-hybridized carbons (Fsp3) is 0.188. The first kappa shape index (κ1) is 11.8. The maximum absolute atomic E-state index is 11.6. The molecule has 2 aromatic carbocycles. The zero-order valence-electron chi connectivity index (χ0n) is 10.6. The lowest BCUT2D eigenvalue weighted by atomic mass is 10.0. The molecule has 0 bridgehead atoms. The molecule has 1 aliphatic heterocycles. The van der Waals surface area contributed by atoms with E-state index in [4.69, 9.17) is 4.74 Å². The summed E-state index contributed by atoms with van der Waals surface area (Å²) in [6.45, 7) is 1.25. The molecule has 0 radical (unpaired) electrons. The van der Waals surface area contributed by atoms with Gasteiger partial charge in [0.25, 0.3) is 5.91 Å². The van der Waals surface area contributed by atoms with E-state index in [9.17, 15) is 4.79 Å². The van der Waals surface area contributed by atoms with Crippen molar-refractivity contribution in [2.24, 2.45) is 0 Å². The molecule has 1 N–H and O–H groups in total. The van der Waals surface area contributed by atoms with E-state index in [1.807, 2.05) is 48.5 Å². The Kier molecular flexibility index (Phi) is 3.19. The molecule has 0 saturated heterocycles. The van der Waals surface area contributed by atoms with E-state index in [0.29, 0.717) is 13.2 Å². The summed E-state index contributed by atoms with van der Waals surface area (Å²) in [6, 6.07) is 15.7. The molecule has 0 saturated carbocycles. The topological polar surface area (TPSA) is 38.3 Å². The van der Waals surface area contributed by atoms with Crippen LogP contribution in [0.3, 0.4) is 0 Å². The largest absolute Gasteiger partial charge is 0.489 e. The quantitative estimate of drug-likeness (QED) is 0.913. The average Bonchev–Trinajstić information content (AvgIpc) is 2.46. The zero-order valence-corrected chi connectivity index (χ0v) is 10.6. The Morgan fingerprint density at radius 3 is 2.79 bits per heavy atom. The van der Waals surface area contributed by atoms with E-state index < -0.39 is 0 Å². The molecule has 96 valence electrons. The normalized spacial score (nSPS) is 13.6. The van der Waals surface area contributed by atoms with Crippen molar-refractivity contribution in [3.8, 4) is 5.75 Å². The van der Waals surface area contributed by atoms with Gasteiger partial charge in [0.15, 0.2) is 0 Å². The highest BCUT2D eigenvalue weighted by Crippen LogP contribution is 2.21. The summed E-state index contributed by atoms with van der Waals surface area (Å²) in [5, 5.41) is 2.84. The van der Waals surface area contributed by atoms with Crippen LogP contribution < -0.4 is 10.1 Å². The van der Waals surface area contributed by atoms with Crippen LogP contribution in [0.4, 0.5) is 0 Å². The first-order valence-electron chi connectivity index (χ1n) is 6.41. The molecule has 0 fully saturated rings. The fourth-order valence-electron chi connectivity index (χ4n) is 2.24. The summed E-state index contributed by atoms with van der Waals surface area (Å²) in [6.07, 6.45) is 0.865. The Labute approximate surface area is 112 Å². The third kappa shape index (κ3) is 2.60. The monoisotopic (exact) mass is 253 g/mol. The highest BCUT2D eigenvalue weighted by Gasteiger charge is 2.16. The van der Waals surface area contributed by atoms with Crippen LogP contribution in [0.1, 0.15) is 21.5 Å². The van der Waals surface area contributed by atoms with Gasteiger partial charge >= 0.3 is 0 Å². The van der Waals surface area contributed by atoms with Gasteiger partial charge in [0.1, 0.15) is 12.4 Å². The van der Waals surface area contributed by atoms with Crippen molar-refractivity contribution in [1.29, 1.82) is 0 Å². The summed E-state index contributed by atoms with van der Waals surface area (Å²) in [5.74, 6) is 0.827. The Morgan fingerprint density at radius 1 is 1.11 bits per heavy atom. The van der Waals surface area contributed by atoms with E-state index in [1.165, 1.54) is 0 Å². The molecule has 3 rings (SSSR count). The second-order valence-electron chi connectivity index (χ2n) is 4.60. The average molecular weight is 253 g/mol. The van der Waals surface area contributed by atoms with Crippen LogP contribution in [0.2, 0.25) is 0 Å². The summed E-state index contributed by atoms with van der Waals surface area (Å²) in [4.78, 5) is 11.6. The first-order valence-corrected chi connectivity index (χ1v) is 6.41. The van der Waals surface area contributed by atoms with Crippen molar-refractivity contribution in [3.63, 3.8) is 0 Å². The second-order valence-corrected chi connectivity index (χ2v) is 4.60. The van der Waals surface area contributed by atoms with Crippen LogP contribution in [0.15, 0.2) is 48.5 Å². The molecule has 19 heavy (non-hydrogen) atoms. The van der Waals surface area contributed by atoms with Crippen LogP contribution in [0, 0.1) is 0 Å². The van der Waals surface area contributed by atoms with Gasteiger partial charge in [-0.3, -0.25) is 4.79 Å². The molecule has 1 aliphatic rings. The van der Waals surface area contributed by atoms with Gasteiger partial charge in [0.05, 0.1) is 0 Å². The van der Waals surface area contributed by atoms with Crippen LogP contribution in [0.25, 0.3) is 0 Å². The SMILES string of the molecule is O=C1NCCc2cc(OCc3ccccc3)ccc21. The Morgan fingerprint density at radius 2 is 1.95 bits per heavy atom. The number of nitrogens with one attached hydrogen (secondary N) is 1. The first-order chi connectivity index (χ1) is 9.33. The highest BCUT2D eigenvalue weighted by atomic mass is 16.5. The van der Waals surface area contributed by atoms with Gasteiger partial charge in [-0.2, -0.15) is 0 Å². The molecule has 2 aromatic rings. The van der Waals surface area contributed by atoms with E-state index in [-0.39, 0.29) is 5.91 Å². The Bertz CT molecular complexity index is 593. The molecule has 3 nitrogen and oxygen atoms in total. The van der Waals surface area contributed by atoms with Crippen LogP contribution >= 0.6 is 0 Å². The molecular weight excluding hydrogens is 238 g/mol. The van der Waals surface area contributed by atoms with Crippen molar-refractivity contribution in [3.05, 3.63) is 65.2 Å². The molecule has 0 atom stereocenters.